The number of amides is 1. The summed E-state index contributed by atoms with van der Waals surface area (Å²) in [5.41, 5.74) is -2.00. The number of nitrogens with one attached hydrogen (secondary N) is 2. The standard InChI is InChI=1S/C30H36F3N7O5S/c1-28(2)17-19-5-3-14-34-22-8-7-21(41)27(35-22)46(43,44)38-26(42)20-6-9-23(36-25(20)39(28)18-19)40-15-10-24(37-40)45-16-4-11-29(12-13-29)30(31,32)33/h6-10,15,19,41H,3-5,11-14,16-18H2,1-2H3,(H,34,35)(H,38,42)/t19-/m0/s1. The van der Waals surface area contributed by atoms with Crippen LogP contribution in [0, 0.1) is 11.3 Å². The second kappa shape index (κ2) is 11.6. The second-order valence-electron chi connectivity index (χ2n) is 12.9. The van der Waals surface area contributed by atoms with Gasteiger partial charge in [0.05, 0.1) is 17.6 Å². The van der Waals surface area contributed by atoms with Crippen molar-refractivity contribution in [3.05, 3.63) is 42.1 Å². The third kappa shape index (κ3) is 6.31. The maximum atomic E-state index is 13.6. The molecule has 4 bridgehead atoms. The van der Waals surface area contributed by atoms with Gasteiger partial charge in [0.15, 0.2) is 11.6 Å². The number of hydrogen-bond donors (Lipinski definition) is 3. The molecule has 0 unspecified atom stereocenters. The van der Waals surface area contributed by atoms with Gasteiger partial charge in [-0.3, -0.25) is 4.79 Å². The number of aromatic nitrogens is 4. The zero-order chi connectivity index (χ0) is 32.9. The molecule has 12 nitrogen and oxygen atoms in total. The molecule has 3 aromatic heterocycles. The minimum absolute atomic E-state index is 0.00557. The fourth-order valence-corrected chi connectivity index (χ4v) is 7.40. The minimum atomic E-state index is -4.57. The Bertz CT molecular complexity index is 1740. The number of ether oxygens (including phenoxy) is 1. The smallest absolute Gasteiger partial charge is 0.394 e. The lowest BCUT2D eigenvalue weighted by Gasteiger charge is -2.34. The van der Waals surface area contributed by atoms with Gasteiger partial charge in [0.2, 0.25) is 10.9 Å². The first-order valence-electron chi connectivity index (χ1n) is 15.2. The van der Waals surface area contributed by atoms with E-state index in [0.29, 0.717) is 18.9 Å². The number of anilines is 2. The predicted octanol–water partition coefficient (Wildman–Crippen LogP) is 4.80. The molecule has 0 spiro atoms. The van der Waals surface area contributed by atoms with Crippen LogP contribution in [0.15, 0.2) is 41.6 Å². The van der Waals surface area contributed by atoms with Gasteiger partial charge in [-0.1, -0.05) is 0 Å². The number of hydrogen-bond acceptors (Lipinski definition) is 10. The zero-order valence-corrected chi connectivity index (χ0v) is 26.3. The largest absolute Gasteiger partial charge is 0.505 e. The summed E-state index contributed by atoms with van der Waals surface area (Å²) < 4.78 is 75.2. The Morgan fingerprint density at radius 3 is 2.65 bits per heavy atom. The number of sulfonamides is 1. The highest BCUT2D eigenvalue weighted by Gasteiger charge is 2.62. The second-order valence-corrected chi connectivity index (χ2v) is 14.5. The highest BCUT2D eigenvalue weighted by atomic mass is 32.2. The predicted molar refractivity (Wildman–Crippen MR) is 162 cm³/mol. The maximum absolute atomic E-state index is 13.6. The van der Waals surface area contributed by atoms with Gasteiger partial charge in [0, 0.05) is 30.9 Å². The molecule has 1 saturated carbocycles. The molecular weight excluding hydrogens is 627 g/mol. The number of rotatable bonds is 6. The number of halogens is 3. The Labute approximate surface area is 264 Å². The van der Waals surface area contributed by atoms with Crippen molar-refractivity contribution in [3.63, 3.8) is 0 Å². The molecule has 5 heterocycles. The molecule has 1 aliphatic carbocycles. The molecule has 46 heavy (non-hydrogen) atoms. The van der Waals surface area contributed by atoms with Crippen molar-refractivity contribution in [3.8, 4) is 17.4 Å². The molecule has 248 valence electrons. The summed E-state index contributed by atoms with van der Waals surface area (Å²) in [5.74, 6) is -0.216. The Balaban J connectivity index is 1.28. The van der Waals surface area contributed by atoms with E-state index in [1.807, 2.05) is 23.5 Å². The first-order chi connectivity index (χ1) is 21.7. The van der Waals surface area contributed by atoms with E-state index in [0.717, 1.165) is 19.3 Å². The van der Waals surface area contributed by atoms with E-state index in [2.05, 4.69) is 15.4 Å². The fourth-order valence-electron chi connectivity index (χ4n) is 6.39. The lowest BCUT2D eigenvalue weighted by Crippen LogP contribution is -2.41. The van der Waals surface area contributed by atoms with Gasteiger partial charge in [-0.25, -0.2) is 19.4 Å². The van der Waals surface area contributed by atoms with E-state index in [-0.39, 0.29) is 61.3 Å². The molecule has 3 aliphatic rings. The van der Waals surface area contributed by atoms with Crippen molar-refractivity contribution in [1.82, 2.24) is 24.5 Å². The highest BCUT2D eigenvalue weighted by molar-refractivity contribution is 7.90. The lowest BCUT2D eigenvalue weighted by molar-refractivity contribution is -0.189. The van der Waals surface area contributed by atoms with E-state index in [1.54, 1.807) is 12.3 Å². The number of aromatic hydroxyl groups is 1. The quantitative estimate of drug-likeness (QED) is 0.314. The third-order valence-electron chi connectivity index (χ3n) is 9.04. The monoisotopic (exact) mass is 663 g/mol. The van der Waals surface area contributed by atoms with Crippen LogP contribution >= 0.6 is 0 Å². The van der Waals surface area contributed by atoms with Gasteiger partial charge in [0.25, 0.3) is 15.9 Å². The van der Waals surface area contributed by atoms with Gasteiger partial charge in [-0.05, 0) is 89.0 Å². The molecule has 2 fully saturated rings. The number of nitrogens with zero attached hydrogens (tertiary/aromatic N) is 5. The summed E-state index contributed by atoms with van der Waals surface area (Å²) in [4.78, 5) is 24.4. The third-order valence-corrected chi connectivity index (χ3v) is 10.3. The first kappa shape index (κ1) is 31.9. The van der Waals surface area contributed by atoms with Crippen LogP contribution in [0.5, 0.6) is 11.6 Å². The van der Waals surface area contributed by atoms with Crippen molar-refractivity contribution >= 4 is 27.6 Å². The Morgan fingerprint density at radius 2 is 1.91 bits per heavy atom. The normalized spacial score (nSPS) is 21.7. The summed E-state index contributed by atoms with van der Waals surface area (Å²) in [6.45, 7) is 5.27. The van der Waals surface area contributed by atoms with Crippen LogP contribution in [0.3, 0.4) is 0 Å². The van der Waals surface area contributed by atoms with Crippen molar-refractivity contribution < 1.29 is 36.2 Å². The highest BCUT2D eigenvalue weighted by Crippen LogP contribution is 2.60. The molecule has 3 aromatic rings. The van der Waals surface area contributed by atoms with E-state index in [1.165, 1.54) is 28.9 Å². The van der Waals surface area contributed by atoms with Crippen LogP contribution in [0.2, 0.25) is 0 Å². The van der Waals surface area contributed by atoms with Crippen LogP contribution in [-0.2, 0) is 10.0 Å². The Hall–Kier alpha value is -4.08. The number of carbonyl (C=O) groups is 1. The molecule has 0 aromatic carbocycles. The molecule has 1 atom stereocenters. The topological polar surface area (TPSA) is 152 Å². The molecule has 1 saturated heterocycles. The summed E-state index contributed by atoms with van der Waals surface area (Å²) >= 11 is 0. The van der Waals surface area contributed by atoms with Crippen molar-refractivity contribution in [2.24, 2.45) is 11.3 Å². The first-order valence-corrected chi connectivity index (χ1v) is 16.7. The maximum Gasteiger partial charge on any atom is 0.394 e. The summed E-state index contributed by atoms with van der Waals surface area (Å²) in [5, 5.41) is 17.1. The van der Waals surface area contributed by atoms with Gasteiger partial charge >= 0.3 is 6.18 Å². The number of fused-ring (bicyclic) bond motifs is 6. The van der Waals surface area contributed by atoms with Crippen LogP contribution in [-0.4, -0.2) is 70.6 Å². The average molecular weight is 664 g/mol. The van der Waals surface area contributed by atoms with Gasteiger partial charge in [-0.2, -0.15) is 21.6 Å². The van der Waals surface area contributed by atoms with Crippen molar-refractivity contribution in [2.75, 3.05) is 29.9 Å². The molecular formula is C30H36F3N7O5S. The molecule has 1 amide bonds. The van der Waals surface area contributed by atoms with Gasteiger partial charge in [-0.15, -0.1) is 5.10 Å². The lowest BCUT2D eigenvalue weighted by atomic mass is 9.93. The van der Waals surface area contributed by atoms with Crippen molar-refractivity contribution in [2.45, 2.75) is 75.5 Å². The molecule has 6 rings (SSSR count). The SMILES string of the molecule is CC1(C)C[C@@H]2CCCNc3ccc(O)c(n3)S(=O)(=O)NC(=O)c3ccc(-n4ccc(OCCCC5(C(F)(F)F)CC5)n4)nc3N1C2. The van der Waals surface area contributed by atoms with Crippen LogP contribution in [0.4, 0.5) is 24.8 Å². The zero-order valence-electron chi connectivity index (χ0n) is 25.5. The van der Waals surface area contributed by atoms with E-state index >= 15 is 0 Å². The van der Waals surface area contributed by atoms with E-state index in [9.17, 15) is 31.5 Å². The summed E-state index contributed by atoms with van der Waals surface area (Å²) in [6.07, 6.45) is 0.387. The van der Waals surface area contributed by atoms with Crippen LogP contribution in [0.1, 0.15) is 69.2 Å². The molecule has 0 radical (unpaired) electrons. The fraction of sp³-hybridized carbons (Fsp3) is 0.533. The summed E-state index contributed by atoms with van der Waals surface area (Å²) in [6, 6.07) is 7.22. The average Bonchev–Trinajstić information content (AvgIpc) is 3.54. The molecule has 16 heteroatoms. The molecule has 2 aliphatic heterocycles. The van der Waals surface area contributed by atoms with E-state index < -0.39 is 43.8 Å². The minimum Gasteiger partial charge on any atom is -0.505 e. The van der Waals surface area contributed by atoms with Crippen molar-refractivity contribution in [1.29, 1.82) is 0 Å². The Kier molecular flexibility index (Phi) is 8.05. The van der Waals surface area contributed by atoms with Crippen LogP contribution < -0.4 is 19.7 Å². The van der Waals surface area contributed by atoms with Gasteiger partial charge in [0.1, 0.15) is 11.6 Å². The molecule has 3 N–H and O–H groups in total. The van der Waals surface area contributed by atoms with Crippen LogP contribution in [0.25, 0.3) is 5.82 Å². The number of pyridine rings is 2. The van der Waals surface area contributed by atoms with Gasteiger partial charge < -0.3 is 20.1 Å². The Morgan fingerprint density at radius 1 is 1.13 bits per heavy atom. The number of carbonyl (C=O) groups excluding carboxylic acids is 1. The number of alkyl halides is 3. The van der Waals surface area contributed by atoms with E-state index in [4.69, 9.17) is 9.72 Å². The summed E-state index contributed by atoms with van der Waals surface area (Å²) in [7, 11) is -4.57.